The van der Waals surface area contributed by atoms with Gasteiger partial charge in [0.05, 0.1) is 31.2 Å². The predicted octanol–water partition coefficient (Wildman–Crippen LogP) is 3.04. The van der Waals surface area contributed by atoms with E-state index in [-0.39, 0.29) is 17.1 Å². The van der Waals surface area contributed by atoms with Crippen LogP contribution in [-0.4, -0.2) is 33.4 Å². The Morgan fingerprint density at radius 1 is 1.42 bits per heavy atom. The van der Waals surface area contributed by atoms with Gasteiger partial charge in [-0.3, -0.25) is 4.79 Å². The molecule has 2 aromatic heterocycles. The van der Waals surface area contributed by atoms with Crippen LogP contribution in [0.5, 0.6) is 5.75 Å². The zero-order chi connectivity index (χ0) is 16.9. The Labute approximate surface area is 141 Å². The number of Topliss-reactive ketones (excluding diaryl/α,β-unsaturated/α-hetero) is 1. The Kier molecular flexibility index (Phi) is 4.95. The zero-order valence-corrected chi connectivity index (χ0v) is 13.6. The number of hydrogen-bond donors (Lipinski definition) is 0. The lowest BCUT2D eigenvalue weighted by molar-refractivity contribution is 0.101. The van der Waals surface area contributed by atoms with Crippen LogP contribution in [0.1, 0.15) is 16.1 Å². The van der Waals surface area contributed by atoms with Crippen molar-refractivity contribution in [3.05, 3.63) is 60.1 Å². The van der Waals surface area contributed by atoms with Crippen LogP contribution in [0.4, 0.5) is 4.39 Å². The molecule has 0 radical (unpaired) electrons. The fraction of sp³-hybridized carbons (Fsp3) is 0.188. The molecule has 3 aromatic rings. The van der Waals surface area contributed by atoms with Crippen LogP contribution < -0.4 is 4.74 Å². The van der Waals surface area contributed by atoms with Gasteiger partial charge in [-0.25, -0.2) is 4.39 Å². The highest BCUT2D eigenvalue weighted by atomic mass is 32.2. The van der Waals surface area contributed by atoms with Crippen molar-refractivity contribution in [3.63, 3.8) is 0 Å². The molecule has 0 bridgehead atoms. The summed E-state index contributed by atoms with van der Waals surface area (Å²) in [5.74, 6) is 0.472. The van der Waals surface area contributed by atoms with E-state index < -0.39 is 5.82 Å². The minimum atomic E-state index is -0.481. The van der Waals surface area contributed by atoms with Crippen molar-refractivity contribution in [2.24, 2.45) is 0 Å². The van der Waals surface area contributed by atoms with Gasteiger partial charge < -0.3 is 13.7 Å². The fourth-order valence-electron chi connectivity index (χ4n) is 2.14. The summed E-state index contributed by atoms with van der Waals surface area (Å²) in [4.78, 5) is 12.4. The molecule has 0 spiro atoms. The largest absolute Gasteiger partial charge is 0.496 e. The van der Waals surface area contributed by atoms with Gasteiger partial charge in [-0.15, -0.1) is 10.2 Å². The molecule has 0 fully saturated rings. The predicted molar refractivity (Wildman–Crippen MR) is 85.8 cm³/mol. The first-order valence-electron chi connectivity index (χ1n) is 7.07. The minimum absolute atomic E-state index is 0.0939. The number of carbonyl (C=O) groups excluding carboxylic acids is 1. The molecular formula is C16H14FN3O3S. The summed E-state index contributed by atoms with van der Waals surface area (Å²) in [6.45, 7) is 0.472. The third kappa shape index (κ3) is 3.65. The summed E-state index contributed by atoms with van der Waals surface area (Å²) in [5, 5.41) is 8.43. The van der Waals surface area contributed by atoms with Crippen LogP contribution in [0.25, 0.3) is 0 Å². The van der Waals surface area contributed by atoms with Gasteiger partial charge in [-0.1, -0.05) is 11.8 Å². The van der Waals surface area contributed by atoms with Crippen molar-refractivity contribution in [1.82, 2.24) is 14.8 Å². The standard InChI is InChI=1S/C16H14FN3O3S/c1-22-15-5-4-11(17)7-13(15)14(21)9-24-16-19-18-10-20(16)8-12-3-2-6-23-12/h2-7,10H,8-9H2,1H3. The summed E-state index contributed by atoms with van der Waals surface area (Å²) in [6, 6.07) is 7.51. The van der Waals surface area contributed by atoms with E-state index in [1.165, 1.54) is 37.1 Å². The second-order valence-electron chi connectivity index (χ2n) is 4.88. The first kappa shape index (κ1) is 16.3. The van der Waals surface area contributed by atoms with Crippen LogP contribution in [0.3, 0.4) is 0 Å². The van der Waals surface area contributed by atoms with Gasteiger partial charge in [-0.05, 0) is 30.3 Å². The average molecular weight is 347 g/mol. The number of carbonyl (C=O) groups is 1. The van der Waals surface area contributed by atoms with Crippen molar-refractivity contribution >= 4 is 17.5 Å². The van der Waals surface area contributed by atoms with Crippen molar-refractivity contribution in [1.29, 1.82) is 0 Å². The second-order valence-corrected chi connectivity index (χ2v) is 5.82. The van der Waals surface area contributed by atoms with Crippen molar-refractivity contribution in [2.75, 3.05) is 12.9 Å². The van der Waals surface area contributed by atoms with Gasteiger partial charge >= 0.3 is 0 Å². The number of halogens is 1. The van der Waals surface area contributed by atoms with E-state index in [1.807, 2.05) is 6.07 Å². The molecule has 3 rings (SSSR count). The van der Waals surface area contributed by atoms with Gasteiger partial charge in [0.1, 0.15) is 23.7 Å². The maximum absolute atomic E-state index is 13.4. The first-order chi connectivity index (χ1) is 11.7. The molecule has 8 heteroatoms. The molecule has 0 aliphatic heterocycles. The van der Waals surface area contributed by atoms with E-state index in [2.05, 4.69) is 10.2 Å². The summed E-state index contributed by atoms with van der Waals surface area (Å²) >= 11 is 1.22. The van der Waals surface area contributed by atoms with Crippen LogP contribution in [0.15, 0.2) is 52.5 Å². The third-order valence-electron chi connectivity index (χ3n) is 3.28. The number of methoxy groups -OCH3 is 1. The maximum atomic E-state index is 13.4. The number of nitrogens with zero attached hydrogens (tertiary/aromatic N) is 3. The number of furan rings is 1. The van der Waals surface area contributed by atoms with Crippen molar-refractivity contribution in [3.8, 4) is 5.75 Å². The third-order valence-corrected chi connectivity index (χ3v) is 4.26. The molecule has 6 nitrogen and oxygen atoms in total. The number of hydrogen-bond acceptors (Lipinski definition) is 6. The number of aromatic nitrogens is 3. The molecule has 24 heavy (non-hydrogen) atoms. The van der Waals surface area contributed by atoms with E-state index in [0.717, 1.165) is 5.76 Å². The minimum Gasteiger partial charge on any atom is -0.496 e. The molecule has 1 aromatic carbocycles. The van der Waals surface area contributed by atoms with Crippen LogP contribution in [0.2, 0.25) is 0 Å². The Balaban J connectivity index is 1.69. The SMILES string of the molecule is COc1ccc(F)cc1C(=O)CSc1nncn1Cc1ccco1. The van der Waals surface area contributed by atoms with Crippen LogP contribution in [-0.2, 0) is 6.54 Å². The Morgan fingerprint density at radius 2 is 2.29 bits per heavy atom. The number of thioether (sulfide) groups is 1. The highest BCUT2D eigenvalue weighted by Gasteiger charge is 2.16. The van der Waals surface area contributed by atoms with Gasteiger partial charge in [0.15, 0.2) is 10.9 Å². The van der Waals surface area contributed by atoms with Gasteiger partial charge in [0.25, 0.3) is 0 Å². The lowest BCUT2D eigenvalue weighted by Gasteiger charge is -2.08. The molecular weight excluding hydrogens is 333 g/mol. The molecule has 0 saturated heterocycles. The summed E-state index contributed by atoms with van der Waals surface area (Å²) in [7, 11) is 1.44. The number of rotatable bonds is 7. The normalized spacial score (nSPS) is 10.8. The molecule has 0 N–H and O–H groups in total. The molecule has 0 amide bonds. The highest BCUT2D eigenvalue weighted by molar-refractivity contribution is 7.99. The lowest BCUT2D eigenvalue weighted by atomic mass is 10.1. The number of ether oxygens (including phenoxy) is 1. The monoisotopic (exact) mass is 347 g/mol. The number of benzene rings is 1. The maximum Gasteiger partial charge on any atom is 0.191 e. The number of ketones is 1. The zero-order valence-electron chi connectivity index (χ0n) is 12.8. The molecule has 0 unspecified atom stereocenters. The summed E-state index contributed by atoms with van der Waals surface area (Å²) in [6.07, 6.45) is 3.16. The second kappa shape index (κ2) is 7.31. The van der Waals surface area contributed by atoms with Crippen LogP contribution in [0, 0.1) is 5.82 Å². The summed E-state index contributed by atoms with van der Waals surface area (Å²) < 4.78 is 25.6. The van der Waals surface area contributed by atoms with Gasteiger partial charge in [-0.2, -0.15) is 0 Å². The summed E-state index contributed by atoms with van der Waals surface area (Å²) in [5.41, 5.74) is 0.210. The van der Waals surface area contributed by atoms with E-state index in [1.54, 1.807) is 23.2 Å². The quantitative estimate of drug-likeness (QED) is 0.483. The first-order valence-corrected chi connectivity index (χ1v) is 8.05. The van der Waals surface area contributed by atoms with Crippen molar-refractivity contribution < 1.29 is 18.3 Å². The topological polar surface area (TPSA) is 70.2 Å². The Morgan fingerprint density at radius 3 is 3.04 bits per heavy atom. The Bertz CT molecular complexity index is 833. The molecule has 2 heterocycles. The molecule has 0 saturated carbocycles. The average Bonchev–Trinajstić information content (AvgIpc) is 3.25. The molecule has 0 aliphatic rings. The molecule has 124 valence electrons. The van der Waals surface area contributed by atoms with Gasteiger partial charge in [0, 0.05) is 0 Å². The van der Waals surface area contributed by atoms with E-state index in [0.29, 0.717) is 17.5 Å². The van der Waals surface area contributed by atoms with E-state index >= 15 is 0 Å². The molecule has 0 aliphatic carbocycles. The Hall–Kier alpha value is -2.61. The smallest absolute Gasteiger partial charge is 0.191 e. The fourth-order valence-corrected chi connectivity index (χ4v) is 2.94. The lowest BCUT2D eigenvalue weighted by Crippen LogP contribution is -2.07. The van der Waals surface area contributed by atoms with E-state index in [4.69, 9.17) is 9.15 Å². The van der Waals surface area contributed by atoms with E-state index in [9.17, 15) is 9.18 Å². The van der Waals surface area contributed by atoms with Crippen molar-refractivity contribution in [2.45, 2.75) is 11.7 Å². The highest BCUT2D eigenvalue weighted by Crippen LogP contribution is 2.23. The molecule has 0 atom stereocenters. The van der Waals surface area contributed by atoms with Crippen LogP contribution >= 0.6 is 11.8 Å². The van der Waals surface area contributed by atoms with Gasteiger partial charge in [0.2, 0.25) is 0 Å².